The Morgan fingerprint density at radius 3 is 2.81 bits per heavy atom. The number of anilines is 1. The molecule has 0 bridgehead atoms. The molecule has 1 heterocycles. The monoisotopic (exact) mass is 286 g/mol. The lowest BCUT2D eigenvalue weighted by atomic mass is 9.84. The van der Waals surface area contributed by atoms with Gasteiger partial charge in [-0.3, -0.25) is 0 Å². The highest BCUT2D eigenvalue weighted by Crippen LogP contribution is 2.38. The molecule has 2 heteroatoms. The van der Waals surface area contributed by atoms with Gasteiger partial charge in [0.1, 0.15) is 0 Å². The minimum Gasteiger partial charge on any atom is -0.388 e. The van der Waals surface area contributed by atoms with Gasteiger partial charge in [-0.25, -0.2) is 0 Å². The third-order valence-corrected chi connectivity index (χ3v) is 4.90. The minimum absolute atomic E-state index is 0.471. The van der Waals surface area contributed by atoms with Crippen LogP contribution in [0, 0.1) is 12.3 Å². The van der Waals surface area contributed by atoms with E-state index in [1.54, 1.807) is 0 Å². The maximum Gasteiger partial charge on any atom is 0.0367 e. The molecule has 0 aromatic heterocycles. The van der Waals surface area contributed by atoms with Crippen molar-refractivity contribution in [1.29, 1.82) is 0 Å². The summed E-state index contributed by atoms with van der Waals surface area (Å²) in [7, 11) is 1.97. The van der Waals surface area contributed by atoms with Gasteiger partial charge in [0.15, 0.2) is 0 Å². The quantitative estimate of drug-likeness (QED) is 0.799. The van der Waals surface area contributed by atoms with Crippen molar-refractivity contribution >= 4 is 11.4 Å². The summed E-state index contributed by atoms with van der Waals surface area (Å²) in [4.78, 5) is 2.48. The fraction of sp³-hybridized carbons (Fsp3) is 0.579. The van der Waals surface area contributed by atoms with E-state index in [4.69, 9.17) is 0 Å². The molecule has 21 heavy (non-hydrogen) atoms. The second-order valence-electron chi connectivity index (χ2n) is 6.81. The van der Waals surface area contributed by atoms with Crippen LogP contribution in [0.25, 0.3) is 5.70 Å². The van der Waals surface area contributed by atoms with E-state index >= 15 is 0 Å². The van der Waals surface area contributed by atoms with Crippen molar-refractivity contribution in [1.82, 2.24) is 4.90 Å². The molecule has 1 aromatic rings. The van der Waals surface area contributed by atoms with Gasteiger partial charge in [-0.1, -0.05) is 39.3 Å². The van der Waals surface area contributed by atoms with Gasteiger partial charge < -0.3 is 10.2 Å². The third-order valence-electron chi connectivity index (χ3n) is 4.90. The molecule has 1 aliphatic heterocycles. The third kappa shape index (κ3) is 3.61. The standard InChI is InChI=1S/C19H30N2/c1-6-7-10-19(4)11-12-21(14-19)16(3)17-8-9-18(20-5)15(2)13-17/h8-9,13,20H,3,6-7,10-12,14H2,1-2,4-5H3. The lowest BCUT2D eigenvalue weighted by molar-refractivity contribution is 0.298. The summed E-state index contributed by atoms with van der Waals surface area (Å²) in [5, 5.41) is 3.22. The zero-order valence-electron chi connectivity index (χ0n) is 14.1. The van der Waals surface area contributed by atoms with Crippen LogP contribution in [0.5, 0.6) is 0 Å². The molecule has 1 N–H and O–H groups in total. The molecular formula is C19H30N2. The minimum atomic E-state index is 0.471. The van der Waals surface area contributed by atoms with Crippen molar-refractivity contribution < 1.29 is 0 Å². The molecule has 0 radical (unpaired) electrons. The van der Waals surface area contributed by atoms with Crippen molar-refractivity contribution in [3.63, 3.8) is 0 Å². The highest BCUT2D eigenvalue weighted by molar-refractivity contribution is 5.66. The summed E-state index contributed by atoms with van der Waals surface area (Å²) in [6.07, 6.45) is 5.26. The maximum atomic E-state index is 4.35. The molecule has 1 atom stereocenters. The fourth-order valence-corrected chi connectivity index (χ4v) is 3.37. The number of nitrogens with one attached hydrogen (secondary N) is 1. The summed E-state index contributed by atoms with van der Waals surface area (Å²) >= 11 is 0. The number of rotatable bonds is 6. The van der Waals surface area contributed by atoms with Gasteiger partial charge in [0.2, 0.25) is 0 Å². The van der Waals surface area contributed by atoms with E-state index in [9.17, 15) is 0 Å². The Hall–Kier alpha value is -1.44. The van der Waals surface area contributed by atoms with Gasteiger partial charge in [0.25, 0.3) is 0 Å². The van der Waals surface area contributed by atoms with Crippen LogP contribution in [-0.2, 0) is 0 Å². The Kier molecular flexibility index (Phi) is 4.97. The topological polar surface area (TPSA) is 15.3 Å². The maximum absolute atomic E-state index is 4.35. The van der Waals surface area contributed by atoms with Crippen molar-refractivity contribution in [2.75, 3.05) is 25.5 Å². The molecule has 1 fully saturated rings. The smallest absolute Gasteiger partial charge is 0.0367 e. The predicted octanol–water partition coefficient (Wildman–Crippen LogP) is 4.91. The van der Waals surface area contributed by atoms with Crippen LogP contribution < -0.4 is 5.32 Å². The van der Waals surface area contributed by atoms with Crippen LogP contribution in [0.15, 0.2) is 24.8 Å². The number of likely N-dealkylation sites (tertiary alicyclic amines) is 1. The second kappa shape index (κ2) is 6.55. The van der Waals surface area contributed by atoms with E-state index < -0.39 is 0 Å². The lowest BCUT2D eigenvalue weighted by Gasteiger charge is -2.27. The molecule has 1 aliphatic rings. The molecule has 1 unspecified atom stereocenters. The molecule has 2 rings (SSSR count). The first-order chi connectivity index (χ1) is 9.99. The van der Waals surface area contributed by atoms with Crippen LogP contribution in [-0.4, -0.2) is 25.0 Å². The second-order valence-corrected chi connectivity index (χ2v) is 6.81. The van der Waals surface area contributed by atoms with Crippen LogP contribution in [0.2, 0.25) is 0 Å². The highest BCUT2D eigenvalue weighted by Gasteiger charge is 2.33. The predicted molar refractivity (Wildman–Crippen MR) is 93.6 cm³/mol. The summed E-state index contributed by atoms with van der Waals surface area (Å²) in [6, 6.07) is 6.58. The van der Waals surface area contributed by atoms with Crippen LogP contribution >= 0.6 is 0 Å². The van der Waals surface area contributed by atoms with Gasteiger partial charge in [0.05, 0.1) is 0 Å². The zero-order valence-corrected chi connectivity index (χ0v) is 14.1. The van der Waals surface area contributed by atoms with E-state index in [0.29, 0.717) is 5.41 Å². The molecular weight excluding hydrogens is 256 g/mol. The van der Waals surface area contributed by atoms with E-state index in [1.165, 1.54) is 48.2 Å². The summed E-state index contributed by atoms with van der Waals surface area (Å²) in [5.74, 6) is 0. The molecule has 0 aliphatic carbocycles. The molecule has 2 nitrogen and oxygen atoms in total. The molecule has 0 spiro atoms. The molecule has 1 saturated heterocycles. The average Bonchev–Trinajstić information content (AvgIpc) is 2.87. The lowest BCUT2D eigenvalue weighted by Crippen LogP contribution is -2.23. The van der Waals surface area contributed by atoms with Gasteiger partial charge >= 0.3 is 0 Å². The van der Waals surface area contributed by atoms with Crippen LogP contribution in [0.1, 0.15) is 50.7 Å². The number of nitrogens with zero attached hydrogens (tertiary/aromatic N) is 1. The SMILES string of the molecule is C=C(c1ccc(NC)c(C)c1)N1CCC(C)(CCCC)C1. The Morgan fingerprint density at radius 2 is 2.19 bits per heavy atom. The van der Waals surface area contributed by atoms with E-state index in [1.807, 2.05) is 7.05 Å². The first-order valence-electron chi connectivity index (χ1n) is 8.22. The molecule has 0 saturated carbocycles. The van der Waals surface area contributed by atoms with Crippen LogP contribution in [0.3, 0.4) is 0 Å². The normalized spacial score (nSPS) is 21.6. The van der Waals surface area contributed by atoms with Gasteiger partial charge in [-0.2, -0.15) is 0 Å². The fourth-order valence-electron chi connectivity index (χ4n) is 3.37. The van der Waals surface area contributed by atoms with Crippen molar-refractivity contribution in [2.45, 2.75) is 46.5 Å². The average molecular weight is 286 g/mol. The molecule has 1 aromatic carbocycles. The van der Waals surface area contributed by atoms with Crippen molar-refractivity contribution in [2.24, 2.45) is 5.41 Å². The Labute approximate surface area is 130 Å². The van der Waals surface area contributed by atoms with E-state index in [0.717, 1.165) is 13.1 Å². The number of unbranched alkanes of at least 4 members (excludes halogenated alkanes) is 1. The first-order valence-corrected chi connectivity index (χ1v) is 8.22. The summed E-state index contributed by atoms with van der Waals surface area (Å²) in [6.45, 7) is 13.5. The highest BCUT2D eigenvalue weighted by atomic mass is 15.2. The molecule has 116 valence electrons. The Bertz CT molecular complexity index is 506. The van der Waals surface area contributed by atoms with Crippen molar-refractivity contribution in [3.05, 3.63) is 35.9 Å². The van der Waals surface area contributed by atoms with Gasteiger partial charge in [-0.15, -0.1) is 0 Å². The van der Waals surface area contributed by atoms with Gasteiger partial charge in [0, 0.05) is 31.5 Å². The summed E-state index contributed by atoms with van der Waals surface area (Å²) in [5.41, 5.74) is 5.39. The van der Waals surface area contributed by atoms with E-state index in [2.05, 4.69) is 55.8 Å². The number of hydrogen-bond donors (Lipinski definition) is 1. The van der Waals surface area contributed by atoms with Crippen molar-refractivity contribution in [3.8, 4) is 0 Å². The first kappa shape index (κ1) is 15.9. The largest absolute Gasteiger partial charge is 0.388 e. The van der Waals surface area contributed by atoms with Crippen LogP contribution in [0.4, 0.5) is 5.69 Å². The van der Waals surface area contributed by atoms with Gasteiger partial charge in [-0.05, 0) is 48.4 Å². The Morgan fingerprint density at radius 1 is 1.43 bits per heavy atom. The summed E-state index contributed by atoms with van der Waals surface area (Å²) < 4.78 is 0. The number of hydrogen-bond acceptors (Lipinski definition) is 2. The zero-order chi connectivity index (χ0) is 15.5. The molecule has 0 amide bonds. The Balaban J connectivity index is 2.06. The van der Waals surface area contributed by atoms with E-state index in [-0.39, 0.29) is 0 Å². The number of benzene rings is 1. The number of aryl methyl sites for hydroxylation is 1.